The average molecular weight is 310 g/mol. The Hall–Kier alpha value is -1.14. The summed E-state index contributed by atoms with van der Waals surface area (Å²) in [5, 5.41) is 5.98. The maximum atomic E-state index is 12.0. The largest absolute Gasteiger partial charge is 0.469 e. The number of furan rings is 1. The first kappa shape index (κ1) is 14.8. The Labute approximate surface area is 129 Å². The van der Waals surface area contributed by atoms with Gasteiger partial charge in [0, 0.05) is 30.5 Å². The predicted molar refractivity (Wildman–Crippen MR) is 82.5 cm³/mol. The van der Waals surface area contributed by atoms with Crippen LogP contribution in [0.5, 0.6) is 0 Å². The van der Waals surface area contributed by atoms with Crippen molar-refractivity contribution >= 4 is 17.8 Å². The highest BCUT2D eigenvalue weighted by Crippen LogP contribution is 2.38. The first-order chi connectivity index (χ1) is 10.2. The van der Waals surface area contributed by atoms with Gasteiger partial charge in [0.25, 0.3) is 0 Å². The normalized spacial score (nSPS) is 28.7. The van der Waals surface area contributed by atoms with Gasteiger partial charge in [0.2, 0.25) is 0 Å². The standard InChI is InChI=1S/C15H22N2O3S/c1-11-12(2-5-19-11)9-16-14(18)17-13-3-6-20-15(8-13)4-7-21-10-15/h2,5,13H,3-4,6-10H2,1H3,(H2,16,17,18)/t13-,15+/m1/s1. The lowest BCUT2D eigenvalue weighted by Crippen LogP contribution is -2.50. The molecule has 3 heterocycles. The molecule has 1 spiro atoms. The quantitative estimate of drug-likeness (QED) is 0.900. The third-order valence-electron chi connectivity index (χ3n) is 4.30. The summed E-state index contributed by atoms with van der Waals surface area (Å²) < 4.78 is 11.2. The van der Waals surface area contributed by atoms with Gasteiger partial charge in [-0.1, -0.05) is 0 Å². The molecule has 2 fully saturated rings. The van der Waals surface area contributed by atoms with Crippen LogP contribution >= 0.6 is 11.8 Å². The van der Waals surface area contributed by atoms with Crippen LogP contribution in [-0.4, -0.2) is 35.8 Å². The topological polar surface area (TPSA) is 63.5 Å². The SMILES string of the molecule is Cc1occc1CNC(=O)N[C@@H]1CCO[C@@]2(CCSC2)C1. The second-order valence-corrected chi connectivity index (χ2v) is 6.96. The molecule has 2 aliphatic heterocycles. The highest BCUT2D eigenvalue weighted by molar-refractivity contribution is 7.99. The number of nitrogens with one attached hydrogen (secondary N) is 2. The van der Waals surface area contributed by atoms with Crippen molar-refractivity contribution in [1.82, 2.24) is 10.6 Å². The van der Waals surface area contributed by atoms with Gasteiger partial charge in [0.15, 0.2) is 0 Å². The third kappa shape index (κ3) is 3.55. The monoisotopic (exact) mass is 310 g/mol. The van der Waals surface area contributed by atoms with E-state index in [2.05, 4.69) is 10.6 Å². The minimum Gasteiger partial charge on any atom is -0.469 e. The molecule has 1 aromatic heterocycles. The molecule has 0 saturated carbocycles. The molecule has 21 heavy (non-hydrogen) atoms. The van der Waals surface area contributed by atoms with Gasteiger partial charge in [0.05, 0.1) is 11.9 Å². The molecular weight excluding hydrogens is 288 g/mol. The summed E-state index contributed by atoms with van der Waals surface area (Å²) in [5.74, 6) is 3.07. The van der Waals surface area contributed by atoms with Gasteiger partial charge >= 0.3 is 6.03 Å². The molecule has 2 saturated heterocycles. The van der Waals surface area contributed by atoms with E-state index in [-0.39, 0.29) is 17.7 Å². The van der Waals surface area contributed by atoms with Crippen LogP contribution in [0.25, 0.3) is 0 Å². The molecule has 3 rings (SSSR count). The Kier molecular flexibility index (Phi) is 4.45. The fourth-order valence-corrected chi connectivity index (χ4v) is 4.40. The summed E-state index contributed by atoms with van der Waals surface area (Å²) in [7, 11) is 0. The van der Waals surface area contributed by atoms with Gasteiger partial charge in [-0.3, -0.25) is 0 Å². The molecule has 0 unspecified atom stereocenters. The van der Waals surface area contributed by atoms with Crippen molar-refractivity contribution in [2.45, 2.75) is 44.4 Å². The van der Waals surface area contributed by atoms with E-state index < -0.39 is 0 Å². The highest BCUT2D eigenvalue weighted by Gasteiger charge is 2.40. The predicted octanol–water partition coefficient (Wildman–Crippen LogP) is 2.44. The number of hydrogen-bond acceptors (Lipinski definition) is 4. The van der Waals surface area contributed by atoms with Crippen molar-refractivity contribution < 1.29 is 13.9 Å². The fourth-order valence-electron chi connectivity index (χ4n) is 3.02. The minimum absolute atomic E-state index is 0.00199. The van der Waals surface area contributed by atoms with E-state index in [0.717, 1.165) is 42.9 Å². The number of urea groups is 1. The second-order valence-electron chi connectivity index (χ2n) is 5.85. The number of aryl methyl sites for hydroxylation is 1. The number of rotatable bonds is 3. The number of ether oxygens (including phenoxy) is 1. The molecule has 116 valence electrons. The summed E-state index contributed by atoms with van der Waals surface area (Å²) in [6.07, 6.45) is 4.57. The lowest BCUT2D eigenvalue weighted by molar-refractivity contribution is -0.0684. The third-order valence-corrected chi connectivity index (χ3v) is 5.52. The van der Waals surface area contributed by atoms with Crippen molar-refractivity contribution in [3.63, 3.8) is 0 Å². The number of thioether (sulfide) groups is 1. The van der Waals surface area contributed by atoms with Crippen molar-refractivity contribution in [1.29, 1.82) is 0 Å². The van der Waals surface area contributed by atoms with Crippen molar-refractivity contribution in [3.8, 4) is 0 Å². The van der Waals surface area contributed by atoms with Crippen LogP contribution in [0.3, 0.4) is 0 Å². The van der Waals surface area contributed by atoms with Gasteiger partial charge in [-0.2, -0.15) is 11.8 Å². The molecule has 0 radical (unpaired) electrons. The highest BCUT2D eigenvalue weighted by atomic mass is 32.2. The Morgan fingerprint density at radius 3 is 3.19 bits per heavy atom. The lowest BCUT2D eigenvalue weighted by atomic mass is 9.90. The van der Waals surface area contributed by atoms with Gasteiger partial charge < -0.3 is 19.8 Å². The van der Waals surface area contributed by atoms with Crippen LogP contribution in [0.1, 0.15) is 30.6 Å². The molecule has 0 aromatic carbocycles. The van der Waals surface area contributed by atoms with E-state index in [1.807, 2.05) is 24.8 Å². The Balaban J connectivity index is 1.47. The minimum atomic E-state index is -0.108. The zero-order chi connectivity index (χ0) is 14.7. The second kappa shape index (κ2) is 6.32. The Bertz CT molecular complexity index is 497. The molecule has 0 aliphatic carbocycles. The molecule has 2 atom stereocenters. The maximum Gasteiger partial charge on any atom is 0.315 e. The van der Waals surface area contributed by atoms with E-state index in [9.17, 15) is 4.79 Å². The summed E-state index contributed by atoms with van der Waals surface area (Å²) in [6.45, 7) is 3.14. The zero-order valence-corrected chi connectivity index (χ0v) is 13.1. The molecule has 5 nitrogen and oxygen atoms in total. The van der Waals surface area contributed by atoms with E-state index in [4.69, 9.17) is 9.15 Å². The molecule has 0 bridgehead atoms. The number of hydrogen-bond donors (Lipinski definition) is 2. The van der Waals surface area contributed by atoms with Gasteiger partial charge in [-0.25, -0.2) is 4.79 Å². The number of carbonyl (C=O) groups is 1. The summed E-state index contributed by atoms with van der Waals surface area (Å²) in [6, 6.07) is 1.99. The van der Waals surface area contributed by atoms with Crippen molar-refractivity contribution in [2.75, 3.05) is 18.1 Å². The smallest absolute Gasteiger partial charge is 0.315 e. The van der Waals surface area contributed by atoms with Crippen LogP contribution in [0.4, 0.5) is 4.79 Å². The van der Waals surface area contributed by atoms with E-state index in [0.29, 0.717) is 6.54 Å². The molecular formula is C15H22N2O3S. The van der Waals surface area contributed by atoms with Crippen LogP contribution in [0.15, 0.2) is 16.7 Å². The summed E-state index contributed by atoms with van der Waals surface area (Å²) in [5.41, 5.74) is 1.02. The first-order valence-corrected chi connectivity index (χ1v) is 8.61. The van der Waals surface area contributed by atoms with Crippen molar-refractivity contribution in [2.24, 2.45) is 0 Å². The summed E-state index contributed by atoms with van der Waals surface area (Å²) >= 11 is 1.95. The number of amides is 2. The van der Waals surface area contributed by atoms with E-state index >= 15 is 0 Å². The van der Waals surface area contributed by atoms with Crippen LogP contribution in [0.2, 0.25) is 0 Å². The van der Waals surface area contributed by atoms with Gasteiger partial charge in [0.1, 0.15) is 5.76 Å². The van der Waals surface area contributed by atoms with Crippen LogP contribution in [-0.2, 0) is 11.3 Å². The average Bonchev–Trinajstić information content (AvgIpc) is 3.06. The zero-order valence-electron chi connectivity index (χ0n) is 12.3. The Morgan fingerprint density at radius 2 is 2.48 bits per heavy atom. The van der Waals surface area contributed by atoms with Gasteiger partial charge in [-0.05, 0) is 38.0 Å². The molecule has 2 aliphatic rings. The van der Waals surface area contributed by atoms with E-state index in [1.54, 1.807) is 6.26 Å². The molecule has 6 heteroatoms. The summed E-state index contributed by atoms with van der Waals surface area (Å²) in [4.78, 5) is 12.0. The Morgan fingerprint density at radius 1 is 1.57 bits per heavy atom. The first-order valence-electron chi connectivity index (χ1n) is 7.46. The van der Waals surface area contributed by atoms with Crippen LogP contribution < -0.4 is 10.6 Å². The molecule has 2 amide bonds. The van der Waals surface area contributed by atoms with Crippen LogP contribution in [0, 0.1) is 6.92 Å². The van der Waals surface area contributed by atoms with Gasteiger partial charge in [-0.15, -0.1) is 0 Å². The fraction of sp³-hybridized carbons (Fsp3) is 0.667. The molecule has 2 N–H and O–H groups in total. The number of carbonyl (C=O) groups excluding carboxylic acids is 1. The van der Waals surface area contributed by atoms with E-state index in [1.165, 1.54) is 5.75 Å². The molecule has 1 aromatic rings. The van der Waals surface area contributed by atoms with Crippen molar-refractivity contribution in [3.05, 3.63) is 23.7 Å². The lowest BCUT2D eigenvalue weighted by Gasteiger charge is -2.37. The maximum absolute atomic E-state index is 12.0.